The molecule has 168 valence electrons. The molecule has 1 aliphatic carbocycles. The number of nitrogens with one attached hydrogen (secondary N) is 3. The number of carbonyl (C=O) groups excluding carboxylic acids is 1. The van der Waals surface area contributed by atoms with Crippen LogP contribution in [0.4, 0.5) is 9.18 Å². The first kappa shape index (κ1) is 23.4. The summed E-state index contributed by atoms with van der Waals surface area (Å²) in [6, 6.07) is 11.0. The normalized spacial score (nSPS) is 22.0. The van der Waals surface area contributed by atoms with E-state index in [1.165, 1.54) is 6.07 Å². The Morgan fingerprint density at radius 2 is 1.97 bits per heavy atom. The zero-order valence-corrected chi connectivity index (χ0v) is 18.7. The number of benzene rings is 2. The van der Waals surface area contributed by atoms with E-state index in [-0.39, 0.29) is 37.1 Å². The Balaban J connectivity index is 0.00000272. The number of fused-ring (bicyclic) bond motifs is 1. The van der Waals surface area contributed by atoms with Gasteiger partial charge in [-0.2, -0.15) is 0 Å². The van der Waals surface area contributed by atoms with Crippen LogP contribution in [0, 0.1) is 5.82 Å². The Hall–Kier alpha value is -2.22. The van der Waals surface area contributed by atoms with Gasteiger partial charge in [0.15, 0.2) is 11.5 Å². The molecule has 0 bridgehead atoms. The average Bonchev–Trinajstić information content (AvgIpc) is 3.11. The SMILES string of the molecule is COc1cc(CNC2CCC3NC(=O)NC3C2)ccc1OCc1c(F)cccc1Cl.Cl. The molecule has 0 aromatic heterocycles. The molecule has 9 heteroatoms. The summed E-state index contributed by atoms with van der Waals surface area (Å²) >= 11 is 6.06. The topological polar surface area (TPSA) is 71.6 Å². The molecular weight excluding hydrogens is 444 g/mol. The van der Waals surface area contributed by atoms with Crippen molar-refractivity contribution < 1.29 is 18.7 Å². The number of carbonyl (C=O) groups is 1. The van der Waals surface area contributed by atoms with E-state index < -0.39 is 5.82 Å². The molecular formula is C22H26Cl2FN3O3. The van der Waals surface area contributed by atoms with Crippen molar-refractivity contribution in [1.29, 1.82) is 0 Å². The van der Waals surface area contributed by atoms with Gasteiger partial charge in [0.25, 0.3) is 0 Å². The third kappa shape index (κ3) is 5.53. The predicted molar refractivity (Wildman–Crippen MR) is 120 cm³/mol. The van der Waals surface area contributed by atoms with Gasteiger partial charge in [0.1, 0.15) is 12.4 Å². The molecule has 3 N–H and O–H groups in total. The van der Waals surface area contributed by atoms with Crippen molar-refractivity contribution >= 4 is 30.0 Å². The second-order valence-electron chi connectivity index (χ2n) is 7.70. The van der Waals surface area contributed by atoms with Crippen LogP contribution in [0.1, 0.15) is 30.4 Å². The summed E-state index contributed by atoms with van der Waals surface area (Å²) in [5.41, 5.74) is 1.37. The highest BCUT2D eigenvalue weighted by Gasteiger charge is 2.36. The Morgan fingerprint density at radius 1 is 1.16 bits per heavy atom. The van der Waals surface area contributed by atoms with E-state index in [0.29, 0.717) is 34.7 Å². The maximum atomic E-state index is 13.9. The van der Waals surface area contributed by atoms with E-state index in [1.54, 1.807) is 19.2 Å². The van der Waals surface area contributed by atoms with Gasteiger partial charge < -0.3 is 25.4 Å². The minimum Gasteiger partial charge on any atom is -0.493 e. The fourth-order valence-electron chi connectivity index (χ4n) is 4.09. The molecule has 0 spiro atoms. The van der Waals surface area contributed by atoms with E-state index in [1.807, 2.05) is 18.2 Å². The lowest BCUT2D eigenvalue weighted by atomic mass is 9.88. The fourth-order valence-corrected chi connectivity index (χ4v) is 4.31. The lowest BCUT2D eigenvalue weighted by Gasteiger charge is -2.31. The molecule has 1 saturated carbocycles. The highest BCUT2D eigenvalue weighted by Crippen LogP contribution is 2.30. The first-order valence-corrected chi connectivity index (χ1v) is 10.4. The standard InChI is InChI=1S/C22H25ClFN3O3.ClH/c1-29-21-9-13(11-25-14-6-7-18-19(10-14)27-22(28)26-18)5-8-20(21)30-12-15-16(23)3-2-4-17(15)24;/h2-5,8-9,14,18-19,25H,6-7,10-12H2,1H3,(H2,26,27,28);1H. The van der Waals surface area contributed by atoms with Gasteiger partial charge in [0, 0.05) is 18.2 Å². The van der Waals surface area contributed by atoms with Gasteiger partial charge in [-0.1, -0.05) is 23.7 Å². The number of amides is 2. The van der Waals surface area contributed by atoms with Crippen molar-refractivity contribution in [2.75, 3.05) is 7.11 Å². The largest absolute Gasteiger partial charge is 0.493 e. The summed E-state index contributed by atoms with van der Waals surface area (Å²) < 4.78 is 25.2. The number of rotatable bonds is 7. The van der Waals surface area contributed by atoms with Crippen molar-refractivity contribution in [3.63, 3.8) is 0 Å². The van der Waals surface area contributed by atoms with Gasteiger partial charge in [-0.25, -0.2) is 9.18 Å². The van der Waals surface area contributed by atoms with Crippen LogP contribution in [-0.2, 0) is 13.2 Å². The molecule has 2 aliphatic rings. The number of halogens is 3. The zero-order chi connectivity index (χ0) is 21.1. The molecule has 0 radical (unpaired) electrons. The maximum Gasteiger partial charge on any atom is 0.315 e. The van der Waals surface area contributed by atoms with E-state index in [4.69, 9.17) is 21.1 Å². The van der Waals surface area contributed by atoms with Crippen LogP contribution >= 0.6 is 24.0 Å². The molecule has 3 unspecified atom stereocenters. The Labute approximate surface area is 192 Å². The third-order valence-electron chi connectivity index (χ3n) is 5.74. The second-order valence-corrected chi connectivity index (χ2v) is 8.10. The lowest BCUT2D eigenvalue weighted by Crippen LogP contribution is -2.46. The average molecular weight is 470 g/mol. The summed E-state index contributed by atoms with van der Waals surface area (Å²) in [6.45, 7) is 0.697. The van der Waals surface area contributed by atoms with E-state index in [9.17, 15) is 9.18 Å². The Morgan fingerprint density at radius 3 is 2.74 bits per heavy atom. The van der Waals surface area contributed by atoms with Crippen LogP contribution in [0.5, 0.6) is 11.5 Å². The van der Waals surface area contributed by atoms with Gasteiger partial charge in [-0.3, -0.25) is 0 Å². The van der Waals surface area contributed by atoms with Crippen molar-refractivity contribution in [2.24, 2.45) is 0 Å². The maximum absolute atomic E-state index is 13.9. The molecule has 31 heavy (non-hydrogen) atoms. The molecule has 6 nitrogen and oxygen atoms in total. The van der Waals surface area contributed by atoms with Gasteiger partial charge in [0.2, 0.25) is 0 Å². The molecule has 4 rings (SSSR count). The van der Waals surface area contributed by atoms with Gasteiger partial charge in [0.05, 0.1) is 24.2 Å². The van der Waals surface area contributed by atoms with E-state index in [0.717, 1.165) is 24.8 Å². The lowest BCUT2D eigenvalue weighted by molar-refractivity contribution is 0.247. The van der Waals surface area contributed by atoms with Crippen molar-refractivity contribution in [2.45, 2.75) is 50.5 Å². The van der Waals surface area contributed by atoms with Gasteiger partial charge in [-0.15, -0.1) is 12.4 Å². The minimum absolute atomic E-state index is 0. The van der Waals surface area contributed by atoms with Crippen molar-refractivity contribution in [3.8, 4) is 11.5 Å². The highest BCUT2D eigenvalue weighted by molar-refractivity contribution is 6.31. The van der Waals surface area contributed by atoms with E-state index in [2.05, 4.69) is 16.0 Å². The summed E-state index contributed by atoms with van der Waals surface area (Å²) in [7, 11) is 1.58. The zero-order valence-electron chi connectivity index (χ0n) is 17.1. The monoisotopic (exact) mass is 469 g/mol. The van der Waals surface area contributed by atoms with Crippen molar-refractivity contribution in [1.82, 2.24) is 16.0 Å². The third-order valence-corrected chi connectivity index (χ3v) is 6.09. The van der Waals surface area contributed by atoms with Gasteiger partial charge >= 0.3 is 6.03 Å². The molecule has 1 heterocycles. The van der Waals surface area contributed by atoms with Gasteiger partial charge in [-0.05, 0) is 49.1 Å². The summed E-state index contributed by atoms with van der Waals surface area (Å²) in [5, 5.41) is 9.84. The number of hydrogen-bond donors (Lipinski definition) is 3. The molecule has 3 atom stereocenters. The Bertz CT molecular complexity index is 911. The molecule has 1 aliphatic heterocycles. The fraction of sp³-hybridized carbons (Fsp3) is 0.409. The Kier molecular flexibility index (Phi) is 7.86. The smallest absolute Gasteiger partial charge is 0.315 e. The molecule has 2 fully saturated rings. The number of hydrogen-bond acceptors (Lipinski definition) is 4. The molecule has 2 aromatic carbocycles. The minimum atomic E-state index is -0.398. The molecule has 2 aromatic rings. The summed E-state index contributed by atoms with van der Waals surface area (Å²) in [4.78, 5) is 11.5. The second kappa shape index (κ2) is 10.4. The van der Waals surface area contributed by atoms with Crippen LogP contribution in [0.25, 0.3) is 0 Å². The molecule has 2 amide bonds. The van der Waals surface area contributed by atoms with Crippen molar-refractivity contribution in [3.05, 3.63) is 58.4 Å². The van der Waals surface area contributed by atoms with Crippen LogP contribution in [0.15, 0.2) is 36.4 Å². The van der Waals surface area contributed by atoms with Crippen LogP contribution in [0.3, 0.4) is 0 Å². The quantitative estimate of drug-likeness (QED) is 0.568. The summed E-state index contributed by atoms with van der Waals surface area (Å²) in [5.74, 6) is 0.712. The van der Waals surface area contributed by atoms with Crippen LogP contribution in [-0.4, -0.2) is 31.3 Å². The predicted octanol–water partition coefficient (Wildman–Crippen LogP) is 4.18. The van der Waals surface area contributed by atoms with Crippen LogP contribution < -0.4 is 25.4 Å². The van der Waals surface area contributed by atoms with E-state index >= 15 is 0 Å². The highest BCUT2D eigenvalue weighted by atomic mass is 35.5. The van der Waals surface area contributed by atoms with Crippen LogP contribution in [0.2, 0.25) is 5.02 Å². The first-order chi connectivity index (χ1) is 14.5. The number of urea groups is 1. The molecule has 1 saturated heterocycles. The number of ether oxygens (including phenoxy) is 2. The summed E-state index contributed by atoms with van der Waals surface area (Å²) in [6.07, 6.45) is 2.89. The number of methoxy groups -OCH3 is 1. The first-order valence-electron chi connectivity index (χ1n) is 10.1.